The highest BCUT2D eigenvalue weighted by Gasteiger charge is 2.24. The van der Waals surface area contributed by atoms with Crippen LogP contribution < -0.4 is 4.74 Å². The monoisotopic (exact) mass is 392 g/mol. The topological polar surface area (TPSA) is 18.5 Å². The lowest BCUT2D eigenvalue weighted by atomic mass is 9.89. The second-order valence-electron chi connectivity index (χ2n) is 7.28. The lowest BCUT2D eigenvalue weighted by molar-refractivity contribution is -0.00193. The van der Waals surface area contributed by atoms with Crippen molar-refractivity contribution in [1.29, 1.82) is 0 Å². The maximum Gasteiger partial charge on any atom is 0.201 e. The van der Waals surface area contributed by atoms with Crippen LogP contribution in [0.2, 0.25) is 0 Å². The molecule has 2 aromatic rings. The van der Waals surface area contributed by atoms with Gasteiger partial charge in [0.2, 0.25) is 5.82 Å². The van der Waals surface area contributed by atoms with E-state index in [1.807, 2.05) is 0 Å². The molecule has 2 aromatic carbocycles. The minimum absolute atomic E-state index is 0.0424. The first-order chi connectivity index (χ1) is 13.5. The van der Waals surface area contributed by atoms with E-state index in [1.165, 1.54) is 24.3 Å². The van der Waals surface area contributed by atoms with Gasteiger partial charge in [0, 0.05) is 17.0 Å². The number of halogens is 3. The van der Waals surface area contributed by atoms with Crippen LogP contribution in [-0.2, 0) is 4.74 Å². The van der Waals surface area contributed by atoms with E-state index in [9.17, 15) is 13.2 Å². The Morgan fingerprint density at radius 1 is 1.00 bits per heavy atom. The van der Waals surface area contributed by atoms with Crippen molar-refractivity contribution >= 4 is 0 Å². The molecule has 0 spiro atoms. The van der Waals surface area contributed by atoms with E-state index in [1.54, 1.807) is 13.0 Å². The zero-order valence-electron chi connectivity index (χ0n) is 16.4. The molecular weight excluding hydrogens is 365 g/mol. The van der Waals surface area contributed by atoms with Gasteiger partial charge in [0.25, 0.3) is 0 Å². The van der Waals surface area contributed by atoms with Gasteiger partial charge in [-0.15, -0.1) is 0 Å². The van der Waals surface area contributed by atoms with Crippen LogP contribution in [0.4, 0.5) is 13.2 Å². The van der Waals surface area contributed by atoms with Crippen molar-refractivity contribution in [2.45, 2.75) is 58.0 Å². The Kier molecular flexibility index (Phi) is 7.00. The van der Waals surface area contributed by atoms with Gasteiger partial charge in [0.15, 0.2) is 11.6 Å². The SMILES string of the molecule is CCCCC1CCC(c2ccc(-c3ccc(OCC)c(F)c3F)c(F)c2)CO1. The molecule has 0 N–H and O–H groups in total. The molecule has 1 heterocycles. The van der Waals surface area contributed by atoms with Crippen LogP contribution >= 0.6 is 0 Å². The molecule has 2 nitrogen and oxygen atoms in total. The van der Waals surface area contributed by atoms with Gasteiger partial charge in [-0.05, 0) is 49.9 Å². The average Bonchev–Trinajstić information content (AvgIpc) is 2.71. The minimum Gasteiger partial charge on any atom is -0.491 e. The molecule has 0 bridgehead atoms. The number of hydrogen-bond donors (Lipinski definition) is 0. The molecule has 1 saturated heterocycles. The summed E-state index contributed by atoms with van der Waals surface area (Å²) in [4.78, 5) is 0. The lowest BCUT2D eigenvalue weighted by Gasteiger charge is -2.29. The van der Waals surface area contributed by atoms with Gasteiger partial charge in [0.1, 0.15) is 5.82 Å². The summed E-state index contributed by atoms with van der Waals surface area (Å²) in [5.74, 6) is -2.80. The Bertz CT molecular complexity index is 799. The van der Waals surface area contributed by atoms with Crippen LogP contribution in [0.1, 0.15) is 57.4 Å². The molecule has 2 atom stereocenters. The first-order valence-corrected chi connectivity index (χ1v) is 10.1. The van der Waals surface area contributed by atoms with Crippen LogP contribution in [0.3, 0.4) is 0 Å². The molecule has 152 valence electrons. The van der Waals surface area contributed by atoms with Gasteiger partial charge in [-0.25, -0.2) is 8.78 Å². The van der Waals surface area contributed by atoms with E-state index in [-0.39, 0.29) is 29.4 Å². The van der Waals surface area contributed by atoms with Gasteiger partial charge in [-0.2, -0.15) is 4.39 Å². The summed E-state index contributed by atoms with van der Waals surface area (Å²) in [6, 6.07) is 7.40. The van der Waals surface area contributed by atoms with E-state index in [0.717, 1.165) is 37.7 Å². The molecule has 28 heavy (non-hydrogen) atoms. The van der Waals surface area contributed by atoms with Gasteiger partial charge in [-0.1, -0.05) is 31.9 Å². The zero-order valence-corrected chi connectivity index (χ0v) is 16.4. The molecule has 0 amide bonds. The van der Waals surface area contributed by atoms with Crippen molar-refractivity contribution in [3.63, 3.8) is 0 Å². The van der Waals surface area contributed by atoms with Crippen molar-refractivity contribution in [1.82, 2.24) is 0 Å². The molecule has 5 heteroatoms. The van der Waals surface area contributed by atoms with Crippen molar-refractivity contribution < 1.29 is 22.6 Å². The third-order valence-electron chi connectivity index (χ3n) is 5.35. The van der Waals surface area contributed by atoms with Crippen LogP contribution in [0.25, 0.3) is 11.1 Å². The maximum absolute atomic E-state index is 14.7. The summed E-state index contributed by atoms with van der Waals surface area (Å²) in [5.41, 5.74) is 0.771. The molecule has 2 unspecified atom stereocenters. The molecule has 0 aromatic heterocycles. The Morgan fingerprint density at radius 2 is 1.79 bits per heavy atom. The fraction of sp³-hybridized carbons (Fsp3) is 0.478. The molecule has 0 aliphatic carbocycles. The highest BCUT2D eigenvalue weighted by molar-refractivity contribution is 5.66. The Morgan fingerprint density at radius 3 is 2.43 bits per heavy atom. The van der Waals surface area contributed by atoms with Crippen LogP contribution in [-0.4, -0.2) is 19.3 Å². The normalized spacial score (nSPS) is 19.6. The maximum atomic E-state index is 14.7. The second kappa shape index (κ2) is 9.46. The Labute approximate surface area is 164 Å². The summed E-state index contributed by atoms with van der Waals surface area (Å²) in [5, 5.41) is 0. The van der Waals surface area contributed by atoms with Gasteiger partial charge in [-0.3, -0.25) is 0 Å². The van der Waals surface area contributed by atoms with Gasteiger partial charge < -0.3 is 9.47 Å². The van der Waals surface area contributed by atoms with E-state index in [2.05, 4.69) is 6.92 Å². The third-order valence-corrected chi connectivity index (χ3v) is 5.35. The third kappa shape index (κ3) is 4.52. The van der Waals surface area contributed by atoms with E-state index in [0.29, 0.717) is 12.7 Å². The predicted octanol–water partition coefficient (Wildman–Crippen LogP) is 6.62. The summed E-state index contributed by atoms with van der Waals surface area (Å²) in [7, 11) is 0. The van der Waals surface area contributed by atoms with E-state index in [4.69, 9.17) is 9.47 Å². The predicted molar refractivity (Wildman–Crippen MR) is 104 cm³/mol. The number of rotatable bonds is 7. The molecular formula is C23H27F3O2. The van der Waals surface area contributed by atoms with Gasteiger partial charge >= 0.3 is 0 Å². The first kappa shape index (κ1) is 20.7. The smallest absolute Gasteiger partial charge is 0.201 e. The standard InChI is InChI=1S/C23H27F3O2/c1-3-5-6-17-9-7-16(14-28-17)15-8-10-18(20(24)13-15)19-11-12-21(27-4-2)23(26)22(19)25/h8,10-13,16-17H,3-7,9,14H2,1-2H3. The molecule has 0 radical (unpaired) electrons. The Balaban J connectivity index is 1.76. The number of hydrogen-bond acceptors (Lipinski definition) is 2. The minimum atomic E-state index is -1.10. The van der Waals surface area contributed by atoms with Crippen LogP contribution in [0.5, 0.6) is 5.75 Å². The number of benzene rings is 2. The highest BCUT2D eigenvalue weighted by Crippen LogP contribution is 2.35. The number of ether oxygens (including phenoxy) is 2. The van der Waals surface area contributed by atoms with Crippen molar-refractivity contribution in [3.05, 3.63) is 53.3 Å². The van der Waals surface area contributed by atoms with Crippen LogP contribution in [0, 0.1) is 17.5 Å². The molecule has 1 aliphatic heterocycles. The highest BCUT2D eigenvalue weighted by atomic mass is 19.2. The van der Waals surface area contributed by atoms with Gasteiger partial charge in [0.05, 0.1) is 19.3 Å². The van der Waals surface area contributed by atoms with E-state index < -0.39 is 17.5 Å². The lowest BCUT2D eigenvalue weighted by Crippen LogP contribution is -2.24. The fourth-order valence-corrected chi connectivity index (χ4v) is 3.74. The van der Waals surface area contributed by atoms with Crippen molar-refractivity contribution in [2.24, 2.45) is 0 Å². The zero-order chi connectivity index (χ0) is 20.1. The van der Waals surface area contributed by atoms with E-state index >= 15 is 0 Å². The molecule has 3 rings (SSSR count). The average molecular weight is 392 g/mol. The largest absolute Gasteiger partial charge is 0.491 e. The fourth-order valence-electron chi connectivity index (χ4n) is 3.74. The van der Waals surface area contributed by atoms with Crippen molar-refractivity contribution in [3.8, 4) is 16.9 Å². The Hall–Kier alpha value is -2.01. The second-order valence-corrected chi connectivity index (χ2v) is 7.28. The summed E-state index contributed by atoms with van der Waals surface area (Å²) >= 11 is 0. The van der Waals surface area contributed by atoms with Crippen LogP contribution in [0.15, 0.2) is 30.3 Å². The quantitative estimate of drug-likeness (QED) is 0.527. The molecule has 1 aliphatic rings. The summed E-state index contributed by atoms with van der Waals surface area (Å²) in [6.07, 6.45) is 5.58. The number of unbranched alkanes of at least 4 members (excludes halogenated alkanes) is 1. The molecule has 0 saturated carbocycles. The molecule has 1 fully saturated rings. The van der Waals surface area contributed by atoms with Crippen molar-refractivity contribution in [2.75, 3.05) is 13.2 Å². The summed E-state index contributed by atoms with van der Waals surface area (Å²) in [6.45, 7) is 4.64. The first-order valence-electron chi connectivity index (χ1n) is 10.1. The summed E-state index contributed by atoms with van der Waals surface area (Å²) < 4.78 is 54.2.